The van der Waals surface area contributed by atoms with Crippen molar-refractivity contribution in [1.82, 2.24) is 15.1 Å². The Hall–Kier alpha value is -1.65. The fourth-order valence-corrected chi connectivity index (χ4v) is 2.20. The molecule has 2 atom stereocenters. The molecule has 0 radical (unpaired) electrons. The molecule has 20 heavy (non-hydrogen) atoms. The van der Waals surface area contributed by atoms with Gasteiger partial charge >= 0.3 is 0 Å². The molecular formula is C16H23N3O. The topological polar surface area (TPSA) is 50.1 Å². The summed E-state index contributed by atoms with van der Waals surface area (Å²) in [5, 5.41) is 17.4. The molecule has 2 rings (SSSR count). The van der Waals surface area contributed by atoms with Gasteiger partial charge in [-0.2, -0.15) is 5.10 Å². The third kappa shape index (κ3) is 3.46. The zero-order chi connectivity index (χ0) is 14.5. The van der Waals surface area contributed by atoms with E-state index in [0.717, 1.165) is 11.1 Å². The molecule has 0 spiro atoms. The van der Waals surface area contributed by atoms with Gasteiger partial charge in [0.1, 0.15) is 0 Å². The molecule has 0 aliphatic rings. The molecule has 0 amide bonds. The van der Waals surface area contributed by atoms with E-state index in [9.17, 15) is 5.11 Å². The lowest BCUT2D eigenvalue weighted by Gasteiger charge is -2.21. The van der Waals surface area contributed by atoms with Crippen molar-refractivity contribution in [2.75, 3.05) is 6.61 Å². The summed E-state index contributed by atoms with van der Waals surface area (Å²) in [5.41, 5.74) is 2.23. The first-order valence-electron chi connectivity index (χ1n) is 7.07. The number of hydrogen-bond acceptors (Lipinski definition) is 3. The van der Waals surface area contributed by atoms with Crippen molar-refractivity contribution in [3.63, 3.8) is 0 Å². The van der Waals surface area contributed by atoms with E-state index in [1.165, 1.54) is 0 Å². The molecule has 108 valence electrons. The molecule has 1 heterocycles. The Morgan fingerprint density at radius 3 is 2.40 bits per heavy atom. The fourth-order valence-electron chi connectivity index (χ4n) is 2.20. The van der Waals surface area contributed by atoms with E-state index in [-0.39, 0.29) is 18.7 Å². The van der Waals surface area contributed by atoms with E-state index in [2.05, 4.69) is 37.4 Å². The molecule has 0 aliphatic heterocycles. The number of aromatic nitrogens is 2. The normalized spacial score (nSPS) is 14.4. The molecule has 0 saturated carbocycles. The average molecular weight is 273 g/mol. The minimum atomic E-state index is -0.0615. The molecule has 2 N–H and O–H groups in total. The number of hydrogen-bond donors (Lipinski definition) is 2. The first-order valence-corrected chi connectivity index (χ1v) is 7.07. The number of aliphatic hydroxyl groups is 1. The third-order valence-corrected chi connectivity index (χ3v) is 3.49. The van der Waals surface area contributed by atoms with Crippen LogP contribution >= 0.6 is 0 Å². The lowest BCUT2D eigenvalue weighted by molar-refractivity contribution is 0.235. The number of nitrogens with zero attached hydrogens (tertiary/aromatic N) is 2. The zero-order valence-electron chi connectivity index (χ0n) is 12.3. The van der Waals surface area contributed by atoms with Gasteiger partial charge in [-0.05, 0) is 26.3 Å². The first-order chi connectivity index (χ1) is 9.61. The summed E-state index contributed by atoms with van der Waals surface area (Å²) in [6, 6.07) is 10.4. The zero-order valence-corrected chi connectivity index (χ0v) is 12.3. The Morgan fingerprint density at radius 1 is 1.15 bits per heavy atom. The number of benzene rings is 1. The van der Waals surface area contributed by atoms with Gasteiger partial charge in [0.25, 0.3) is 0 Å². The van der Waals surface area contributed by atoms with Crippen LogP contribution in [0.3, 0.4) is 0 Å². The lowest BCUT2D eigenvalue weighted by Crippen LogP contribution is -2.27. The molecule has 1 unspecified atom stereocenters. The van der Waals surface area contributed by atoms with Gasteiger partial charge in [-0.25, -0.2) is 0 Å². The monoisotopic (exact) mass is 273 g/mol. The van der Waals surface area contributed by atoms with Gasteiger partial charge in [-0.1, -0.05) is 30.3 Å². The van der Waals surface area contributed by atoms with Crippen molar-refractivity contribution < 1.29 is 5.11 Å². The predicted molar refractivity (Wildman–Crippen MR) is 80.4 cm³/mol. The van der Waals surface area contributed by atoms with E-state index in [1.807, 2.05) is 41.2 Å². The molecule has 0 bridgehead atoms. The Kier molecular flexibility index (Phi) is 4.93. The van der Waals surface area contributed by atoms with E-state index in [1.54, 1.807) is 0 Å². The van der Waals surface area contributed by atoms with Gasteiger partial charge in [0, 0.05) is 23.8 Å². The maximum atomic E-state index is 9.59. The van der Waals surface area contributed by atoms with E-state index >= 15 is 0 Å². The second-order valence-corrected chi connectivity index (χ2v) is 5.38. The molecule has 2 aromatic rings. The SMILES string of the molecule is CC(N[C@H](CO)c1ccccc1)c1cnn(C(C)C)c1. The van der Waals surface area contributed by atoms with Gasteiger partial charge in [-0.3, -0.25) is 4.68 Å². The largest absolute Gasteiger partial charge is 0.394 e. The van der Waals surface area contributed by atoms with E-state index in [4.69, 9.17) is 0 Å². The van der Waals surface area contributed by atoms with Crippen molar-refractivity contribution in [3.05, 3.63) is 53.9 Å². The molecule has 1 aromatic carbocycles. The molecule has 1 aromatic heterocycles. The predicted octanol–water partition coefficient (Wildman–Crippen LogP) is 2.85. The van der Waals surface area contributed by atoms with Gasteiger partial charge in [0.2, 0.25) is 0 Å². The highest BCUT2D eigenvalue weighted by Crippen LogP contribution is 2.19. The summed E-state index contributed by atoms with van der Waals surface area (Å²) in [6.45, 7) is 6.38. The standard InChI is InChI=1S/C16H23N3O/c1-12(2)19-10-15(9-17-19)13(3)18-16(11-20)14-7-5-4-6-8-14/h4-10,12-13,16,18,20H,11H2,1-3H3/t13?,16-/m1/s1. The number of rotatable bonds is 6. The number of nitrogens with one attached hydrogen (secondary N) is 1. The highest BCUT2D eigenvalue weighted by Gasteiger charge is 2.15. The van der Waals surface area contributed by atoms with Crippen LogP contribution in [-0.4, -0.2) is 21.5 Å². The van der Waals surface area contributed by atoms with Gasteiger partial charge < -0.3 is 10.4 Å². The fraction of sp³-hybridized carbons (Fsp3) is 0.438. The van der Waals surface area contributed by atoms with Crippen molar-refractivity contribution in [2.45, 2.75) is 38.9 Å². The minimum absolute atomic E-state index is 0.0615. The van der Waals surface area contributed by atoms with Crippen LogP contribution in [0, 0.1) is 0 Å². The van der Waals surface area contributed by atoms with Crippen molar-refractivity contribution in [2.24, 2.45) is 0 Å². The molecule has 4 heteroatoms. The molecular weight excluding hydrogens is 250 g/mol. The summed E-state index contributed by atoms with van der Waals surface area (Å²) >= 11 is 0. The Morgan fingerprint density at radius 2 is 1.85 bits per heavy atom. The van der Waals surface area contributed by atoms with Crippen molar-refractivity contribution in [3.8, 4) is 0 Å². The van der Waals surface area contributed by atoms with E-state index < -0.39 is 0 Å². The smallest absolute Gasteiger partial charge is 0.0626 e. The molecule has 4 nitrogen and oxygen atoms in total. The van der Waals surface area contributed by atoms with Crippen LogP contribution in [0.5, 0.6) is 0 Å². The second-order valence-electron chi connectivity index (χ2n) is 5.38. The molecule has 0 fully saturated rings. The quantitative estimate of drug-likeness (QED) is 0.851. The average Bonchev–Trinajstić information content (AvgIpc) is 2.95. The number of aliphatic hydroxyl groups excluding tert-OH is 1. The summed E-state index contributed by atoms with van der Waals surface area (Å²) < 4.78 is 1.95. The van der Waals surface area contributed by atoms with Crippen LogP contribution in [0.15, 0.2) is 42.7 Å². The van der Waals surface area contributed by atoms with Gasteiger partial charge in [0.05, 0.1) is 18.8 Å². The highest BCUT2D eigenvalue weighted by atomic mass is 16.3. The second kappa shape index (κ2) is 6.68. The van der Waals surface area contributed by atoms with Crippen molar-refractivity contribution >= 4 is 0 Å². The minimum Gasteiger partial charge on any atom is -0.394 e. The van der Waals surface area contributed by atoms with Crippen LogP contribution < -0.4 is 5.32 Å². The summed E-state index contributed by atoms with van der Waals surface area (Å²) in [4.78, 5) is 0. The Bertz CT molecular complexity index is 522. The van der Waals surface area contributed by atoms with Crippen LogP contribution in [-0.2, 0) is 0 Å². The highest BCUT2D eigenvalue weighted by molar-refractivity contribution is 5.20. The van der Waals surface area contributed by atoms with Gasteiger partial charge in [0.15, 0.2) is 0 Å². The Labute approximate surface area is 120 Å². The summed E-state index contributed by atoms with van der Waals surface area (Å²) in [7, 11) is 0. The van der Waals surface area contributed by atoms with Crippen LogP contribution in [0.4, 0.5) is 0 Å². The van der Waals surface area contributed by atoms with Gasteiger partial charge in [-0.15, -0.1) is 0 Å². The Balaban J connectivity index is 2.07. The van der Waals surface area contributed by atoms with Crippen LogP contribution in [0.1, 0.15) is 50.0 Å². The third-order valence-electron chi connectivity index (χ3n) is 3.49. The summed E-state index contributed by atoms with van der Waals surface area (Å²) in [5.74, 6) is 0. The lowest BCUT2D eigenvalue weighted by atomic mass is 10.1. The first kappa shape index (κ1) is 14.8. The summed E-state index contributed by atoms with van der Waals surface area (Å²) in [6.07, 6.45) is 3.94. The molecule has 0 aliphatic carbocycles. The van der Waals surface area contributed by atoms with Crippen LogP contribution in [0.25, 0.3) is 0 Å². The maximum Gasteiger partial charge on any atom is 0.0626 e. The van der Waals surface area contributed by atoms with Crippen LogP contribution in [0.2, 0.25) is 0 Å². The molecule has 0 saturated heterocycles. The van der Waals surface area contributed by atoms with Crippen molar-refractivity contribution in [1.29, 1.82) is 0 Å². The van der Waals surface area contributed by atoms with E-state index in [0.29, 0.717) is 6.04 Å². The maximum absolute atomic E-state index is 9.59.